The molecule has 1 fully saturated rings. The maximum atomic E-state index is 12.4. The van der Waals surface area contributed by atoms with E-state index in [4.69, 9.17) is 4.74 Å². The van der Waals surface area contributed by atoms with Gasteiger partial charge >= 0.3 is 5.97 Å². The molecule has 1 heterocycles. The lowest BCUT2D eigenvalue weighted by Gasteiger charge is -2.30. The molecule has 1 atom stereocenters. The summed E-state index contributed by atoms with van der Waals surface area (Å²) in [5.41, 5.74) is 2.09. The predicted molar refractivity (Wildman–Crippen MR) is 99.6 cm³/mol. The lowest BCUT2D eigenvalue weighted by Crippen LogP contribution is -2.41. The van der Waals surface area contributed by atoms with E-state index in [1.165, 1.54) is 5.56 Å². The first-order valence-electron chi connectivity index (χ1n) is 9.32. The highest BCUT2D eigenvalue weighted by Crippen LogP contribution is 2.26. The topological polar surface area (TPSA) is 58.6 Å². The van der Waals surface area contributed by atoms with Crippen molar-refractivity contribution in [2.24, 2.45) is 5.92 Å². The first-order valence-corrected chi connectivity index (χ1v) is 9.32. The summed E-state index contributed by atoms with van der Waals surface area (Å²) in [6, 6.07) is 8.00. The number of likely N-dealkylation sites (tertiary alicyclic amines) is 1. The van der Waals surface area contributed by atoms with Gasteiger partial charge in [-0.2, -0.15) is 0 Å². The molecule has 1 aliphatic rings. The molecule has 0 bridgehead atoms. The third-order valence-electron chi connectivity index (χ3n) is 4.95. The Hall–Kier alpha value is -1.88. The van der Waals surface area contributed by atoms with E-state index in [-0.39, 0.29) is 17.8 Å². The molecule has 1 aliphatic heterocycles. The Morgan fingerprint density at radius 1 is 1.24 bits per heavy atom. The van der Waals surface area contributed by atoms with Crippen molar-refractivity contribution >= 4 is 17.6 Å². The summed E-state index contributed by atoms with van der Waals surface area (Å²) in [7, 11) is 0. The minimum absolute atomic E-state index is 0.00494. The number of nitrogens with one attached hydrogen (secondary N) is 1. The lowest BCUT2D eigenvalue weighted by molar-refractivity contribution is -0.149. The standard InChI is InChI=1S/C20H30N2O3/c1-4-15(3)17-8-6-7-9-18(17)21-19(23)14-22-12-10-16(11-13-22)20(24)25-5-2/h6-9,15-16H,4-5,10-14H2,1-3H3,(H,21,23)/t15-/m1/s1. The Labute approximate surface area is 150 Å². The first-order chi connectivity index (χ1) is 12.0. The Kier molecular flexibility index (Phi) is 7.44. The van der Waals surface area contributed by atoms with Gasteiger partial charge in [0, 0.05) is 5.69 Å². The van der Waals surface area contributed by atoms with Gasteiger partial charge in [0.15, 0.2) is 0 Å². The molecule has 25 heavy (non-hydrogen) atoms. The third kappa shape index (κ3) is 5.56. The van der Waals surface area contributed by atoms with Gasteiger partial charge in [-0.25, -0.2) is 0 Å². The molecule has 0 aromatic heterocycles. The van der Waals surface area contributed by atoms with Gasteiger partial charge in [0.2, 0.25) is 5.91 Å². The molecule has 1 aromatic carbocycles. The summed E-state index contributed by atoms with van der Waals surface area (Å²) in [6.45, 7) is 8.45. The number of piperidine rings is 1. The number of para-hydroxylation sites is 1. The van der Waals surface area contributed by atoms with Gasteiger partial charge in [0.25, 0.3) is 0 Å². The number of hydrogen-bond acceptors (Lipinski definition) is 4. The zero-order valence-corrected chi connectivity index (χ0v) is 15.6. The Balaban J connectivity index is 1.85. The van der Waals surface area contributed by atoms with E-state index in [0.717, 1.165) is 38.0 Å². The van der Waals surface area contributed by atoms with Crippen LogP contribution in [-0.2, 0) is 14.3 Å². The number of anilines is 1. The van der Waals surface area contributed by atoms with Crippen LogP contribution >= 0.6 is 0 Å². The molecular formula is C20H30N2O3. The fourth-order valence-corrected chi connectivity index (χ4v) is 3.24. The quantitative estimate of drug-likeness (QED) is 0.769. The maximum Gasteiger partial charge on any atom is 0.309 e. The van der Waals surface area contributed by atoms with Crippen LogP contribution in [0.3, 0.4) is 0 Å². The zero-order valence-electron chi connectivity index (χ0n) is 15.6. The molecule has 5 heteroatoms. The van der Waals surface area contributed by atoms with Gasteiger partial charge in [-0.15, -0.1) is 0 Å². The van der Waals surface area contributed by atoms with E-state index in [9.17, 15) is 9.59 Å². The molecular weight excluding hydrogens is 316 g/mol. The number of hydrogen-bond donors (Lipinski definition) is 1. The van der Waals surface area contributed by atoms with Crippen molar-refractivity contribution in [2.75, 3.05) is 31.6 Å². The van der Waals surface area contributed by atoms with Gasteiger partial charge in [-0.1, -0.05) is 32.0 Å². The molecule has 0 spiro atoms. The van der Waals surface area contributed by atoms with Crippen LogP contribution in [0.25, 0.3) is 0 Å². The number of carbonyl (C=O) groups is 2. The Morgan fingerprint density at radius 3 is 2.56 bits per heavy atom. The Morgan fingerprint density at radius 2 is 1.92 bits per heavy atom. The number of esters is 1. The van der Waals surface area contributed by atoms with E-state index in [2.05, 4.69) is 30.1 Å². The first kappa shape index (κ1) is 19.4. The van der Waals surface area contributed by atoms with Crippen molar-refractivity contribution in [3.8, 4) is 0 Å². The molecule has 1 saturated heterocycles. The largest absolute Gasteiger partial charge is 0.466 e. The number of rotatable bonds is 7. The van der Waals surface area contributed by atoms with Crippen molar-refractivity contribution in [1.29, 1.82) is 0 Å². The normalized spacial score (nSPS) is 17.1. The van der Waals surface area contributed by atoms with Gasteiger partial charge in [0.1, 0.15) is 0 Å². The van der Waals surface area contributed by atoms with Crippen LogP contribution in [0, 0.1) is 5.92 Å². The number of benzene rings is 1. The van der Waals surface area contributed by atoms with Crippen molar-refractivity contribution in [3.05, 3.63) is 29.8 Å². The second-order valence-electron chi connectivity index (χ2n) is 6.75. The number of nitrogens with zero attached hydrogens (tertiary/aromatic N) is 1. The molecule has 1 N–H and O–H groups in total. The molecule has 2 rings (SSSR count). The molecule has 138 valence electrons. The van der Waals surface area contributed by atoms with Crippen LogP contribution in [0.2, 0.25) is 0 Å². The van der Waals surface area contributed by atoms with Crippen molar-refractivity contribution in [3.63, 3.8) is 0 Å². The summed E-state index contributed by atoms with van der Waals surface area (Å²) >= 11 is 0. The van der Waals surface area contributed by atoms with E-state index in [1.807, 2.05) is 25.1 Å². The van der Waals surface area contributed by atoms with Crippen molar-refractivity contribution in [2.45, 2.75) is 46.0 Å². The average Bonchev–Trinajstić information content (AvgIpc) is 2.62. The fourth-order valence-electron chi connectivity index (χ4n) is 3.24. The zero-order chi connectivity index (χ0) is 18.2. The van der Waals surface area contributed by atoms with Crippen LogP contribution < -0.4 is 5.32 Å². The molecule has 0 radical (unpaired) electrons. The molecule has 0 aliphatic carbocycles. The van der Waals surface area contributed by atoms with Crippen LogP contribution in [0.1, 0.15) is 51.5 Å². The van der Waals surface area contributed by atoms with Gasteiger partial charge < -0.3 is 10.1 Å². The molecule has 1 amide bonds. The van der Waals surface area contributed by atoms with E-state index < -0.39 is 0 Å². The van der Waals surface area contributed by atoms with E-state index >= 15 is 0 Å². The van der Waals surface area contributed by atoms with Crippen molar-refractivity contribution in [1.82, 2.24) is 4.90 Å². The van der Waals surface area contributed by atoms with Crippen LogP contribution in [0.4, 0.5) is 5.69 Å². The molecule has 1 aromatic rings. The van der Waals surface area contributed by atoms with Crippen LogP contribution in [-0.4, -0.2) is 43.0 Å². The Bertz CT molecular complexity index is 580. The van der Waals surface area contributed by atoms with Crippen LogP contribution in [0.5, 0.6) is 0 Å². The van der Waals surface area contributed by atoms with E-state index in [0.29, 0.717) is 19.1 Å². The second kappa shape index (κ2) is 9.56. The summed E-state index contributed by atoms with van der Waals surface area (Å²) in [6.07, 6.45) is 2.55. The maximum absolute atomic E-state index is 12.4. The van der Waals surface area contributed by atoms with Crippen molar-refractivity contribution < 1.29 is 14.3 Å². The van der Waals surface area contributed by atoms with E-state index in [1.54, 1.807) is 0 Å². The number of amides is 1. The number of ether oxygens (including phenoxy) is 1. The van der Waals surface area contributed by atoms with Crippen LogP contribution in [0.15, 0.2) is 24.3 Å². The minimum Gasteiger partial charge on any atom is -0.466 e. The lowest BCUT2D eigenvalue weighted by atomic mass is 9.96. The van der Waals surface area contributed by atoms with Gasteiger partial charge in [0.05, 0.1) is 19.1 Å². The summed E-state index contributed by atoms with van der Waals surface area (Å²) in [5, 5.41) is 3.06. The minimum atomic E-state index is -0.103. The van der Waals surface area contributed by atoms with Gasteiger partial charge in [-0.3, -0.25) is 14.5 Å². The molecule has 0 saturated carbocycles. The highest BCUT2D eigenvalue weighted by Gasteiger charge is 2.26. The number of carbonyl (C=O) groups excluding carboxylic acids is 2. The summed E-state index contributed by atoms with van der Waals surface area (Å²) < 4.78 is 5.09. The SMILES string of the molecule is CCOC(=O)C1CCN(CC(=O)Nc2ccccc2[C@H](C)CC)CC1. The highest BCUT2D eigenvalue weighted by atomic mass is 16.5. The summed E-state index contributed by atoms with van der Waals surface area (Å²) in [5.74, 6) is 0.293. The second-order valence-corrected chi connectivity index (χ2v) is 6.75. The monoisotopic (exact) mass is 346 g/mol. The molecule has 0 unspecified atom stereocenters. The fraction of sp³-hybridized carbons (Fsp3) is 0.600. The highest BCUT2D eigenvalue weighted by molar-refractivity contribution is 5.93. The molecule has 5 nitrogen and oxygen atoms in total. The predicted octanol–water partition coefficient (Wildman–Crippen LogP) is 3.41. The average molecular weight is 346 g/mol. The third-order valence-corrected chi connectivity index (χ3v) is 4.95. The summed E-state index contributed by atoms with van der Waals surface area (Å²) in [4.78, 5) is 26.3. The van der Waals surface area contributed by atoms with Gasteiger partial charge in [-0.05, 0) is 56.8 Å². The smallest absolute Gasteiger partial charge is 0.309 e.